The van der Waals surface area contributed by atoms with Gasteiger partial charge in [-0.05, 0) is 12.1 Å². The van der Waals surface area contributed by atoms with E-state index in [0.717, 1.165) is 17.2 Å². The van der Waals surface area contributed by atoms with Crippen LogP contribution in [0.4, 0.5) is 5.82 Å². The molecule has 0 saturated heterocycles. The van der Waals surface area contributed by atoms with Gasteiger partial charge < -0.3 is 10.6 Å². The van der Waals surface area contributed by atoms with Crippen molar-refractivity contribution in [1.82, 2.24) is 15.0 Å². The lowest BCUT2D eigenvalue weighted by Gasteiger charge is -2.19. The molecule has 2 aromatic rings. The molecule has 2 rings (SSSR count). The van der Waals surface area contributed by atoms with Gasteiger partial charge >= 0.3 is 0 Å². The number of rotatable bonds is 4. The molecule has 0 atom stereocenters. The van der Waals surface area contributed by atoms with Gasteiger partial charge in [0.1, 0.15) is 0 Å². The molecular formula is C12H15N5. The number of nitrogens with two attached hydrogens (primary N) is 1. The van der Waals surface area contributed by atoms with Crippen molar-refractivity contribution in [3.8, 4) is 0 Å². The molecule has 5 nitrogen and oxygen atoms in total. The standard InChI is InChI=1S/C12H15N5/c1-17(9-10-4-2-3-5-14-10)12-11(8-13)15-6-7-16-12/h2-7H,8-9,13H2,1H3. The van der Waals surface area contributed by atoms with Crippen LogP contribution in [0, 0.1) is 0 Å². The molecule has 0 spiro atoms. The predicted molar refractivity (Wildman–Crippen MR) is 66.3 cm³/mol. The summed E-state index contributed by atoms with van der Waals surface area (Å²) in [7, 11) is 1.96. The number of nitrogens with zero attached hydrogens (tertiary/aromatic N) is 4. The Morgan fingerprint density at radius 3 is 2.65 bits per heavy atom. The first-order valence-electron chi connectivity index (χ1n) is 5.42. The van der Waals surface area contributed by atoms with Crippen molar-refractivity contribution in [3.05, 3.63) is 48.2 Å². The van der Waals surface area contributed by atoms with Crippen LogP contribution < -0.4 is 10.6 Å². The zero-order chi connectivity index (χ0) is 12.1. The second-order valence-corrected chi connectivity index (χ2v) is 3.71. The van der Waals surface area contributed by atoms with Crippen molar-refractivity contribution in [1.29, 1.82) is 0 Å². The van der Waals surface area contributed by atoms with Gasteiger partial charge in [0.05, 0.1) is 17.9 Å². The molecule has 0 aliphatic rings. The van der Waals surface area contributed by atoms with Crippen LogP contribution in [0.25, 0.3) is 0 Å². The highest BCUT2D eigenvalue weighted by atomic mass is 15.2. The van der Waals surface area contributed by atoms with Gasteiger partial charge in [-0.25, -0.2) is 4.98 Å². The van der Waals surface area contributed by atoms with E-state index in [9.17, 15) is 0 Å². The Kier molecular flexibility index (Phi) is 3.62. The summed E-state index contributed by atoms with van der Waals surface area (Å²) in [6.45, 7) is 1.07. The van der Waals surface area contributed by atoms with E-state index in [2.05, 4.69) is 15.0 Å². The second-order valence-electron chi connectivity index (χ2n) is 3.71. The molecule has 0 radical (unpaired) electrons. The molecule has 2 N–H and O–H groups in total. The minimum Gasteiger partial charge on any atom is -0.352 e. The highest BCUT2D eigenvalue weighted by molar-refractivity contribution is 5.42. The first-order chi connectivity index (χ1) is 8.31. The maximum Gasteiger partial charge on any atom is 0.151 e. The van der Waals surface area contributed by atoms with Gasteiger partial charge in [-0.15, -0.1) is 0 Å². The normalized spacial score (nSPS) is 10.2. The summed E-state index contributed by atoms with van der Waals surface area (Å²) in [5, 5.41) is 0. The van der Waals surface area contributed by atoms with E-state index in [1.165, 1.54) is 0 Å². The minimum absolute atomic E-state index is 0.385. The third-order valence-corrected chi connectivity index (χ3v) is 2.43. The predicted octanol–water partition coefficient (Wildman–Crippen LogP) is 0.967. The van der Waals surface area contributed by atoms with Crippen LogP contribution in [0.1, 0.15) is 11.4 Å². The number of pyridine rings is 1. The zero-order valence-electron chi connectivity index (χ0n) is 9.74. The fraction of sp³-hybridized carbons (Fsp3) is 0.250. The molecule has 17 heavy (non-hydrogen) atoms. The smallest absolute Gasteiger partial charge is 0.151 e. The van der Waals surface area contributed by atoms with E-state index >= 15 is 0 Å². The van der Waals surface area contributed by atoms with Crippen LogP contribution in [0.3, 0.4) is 0 Å². The average Bonchev–Trinajstić information content (AvgIpc) is 2.40. The van der Waals surface area contributed by atoms with Crippen LogP contribution in [-0.2, 0) is 13.1 Å². The topological polar surface area (TPSA) is 67.9 Å². The molecular weight excluding hydrogens is 214 g/mol. The summed E-state index contributed by atoms with van der Waals surface area (Å²) in [6, 6.07) is 5.85. The Hall–Kier alpha value is -2.01. The molecule has 2 heterocycles. The molecule has 0 bridgehead atoms. The summed E-state index contributed by atoms with van der Waals surface area (Å²) >= 11 is 0. The summed E-state index contributed by atoms with van der Waals surface area (Å²) < 4.78 is 0. The molecule has 2 aromatic heterocycles. The first-order valence-corrected chi connectivity index (χ1v) is 5.42. The van der Waals surface area contributed by atoms with Crippen LogP contribution in [-0.4, -0.2) is 22.0 Å². The summed E-state index contributed by atoms with van der Waals surface area (Å²) in [5.74, 6) is 0.806. The van der Waals surface area contributed by atoms with Crippen molar-refractivity contribution in [2.24, 2.45) is 5.73 Å². The summed E-state index contributed by atoms with van der Waals surface area (Å²) in [4.78, 5) is 14.8. The molecule has 0 amide bonds. The fourth-order valence-electron chi connectivity index (χ4n) is 1.63. The molecule has 88 valence electrons. The lowest BCUT2D eigenvalue weighted by atomic mass is 10.3. The van der Waals surface area contributed by atoms with E-state index in [-0.39, 0.29) is 0 Å². The molecule has 0 aromatic carbocycles. The van der Waals surface area contributed by atoms with Crippen molar-refractivity contribution >= 4 is 5.82 Å². The molecule has 0 aliphatic carbocycles. The van der Waals surface area contributed by atoms with Gasteiger partial charge in [-0.2, -0.15) is 0 Å². The molecule has 0 fully saturated rings. The third kappa shape index (κ3) is 2.76. The Morgan fingerprint density at radius 2 is 1.94 bits per heavy atom. The quantitative estimate of drug-likeness (QED) is 0.846. The Labute approximate surface area is 100 Å². The Balaban J connectivity index is 2.17. The third-order valence-electron chi connectivity index (χ3n) is 2.43. The molecule has 0 saturated carbocycles. The van der Waals surface area contributed by atoms with E-state index in [0.29, 0.717) is 13.1 Å². The minimum atomic E-state index is 0.385. The molecule has 0 aliphatic heterocycles. The first kappa shape index (κ1) is 11.5. The van der Waals surface area contributed by atoms with Gasteiger partial charge in [-0.3, -0.25) is 9.97 Å². The number of hydrogen-bond acceptors (Lipinski definition) is 5. The van der Waals surface area contributed by atoms with Crippen molar-refractivity contribution in [3.63, 3.8) is 0 Å². The lowest BCUT2D eigenvalue weighted by Crippen LogP contribution is -2.21. The summed E-state index contributed by atoms with van der Waals surface area (Å²) in [5.41, 5.74) is 7.42. The van der Waals surface area contributed by atoms with Crippen molar-refractivity contribution < 1.29 is 0 Å². The van der Waals surface area contributed by atoms with E-state index in [4.69, 9.17) is 5.73 Å². The van der Waals surface area contributed by atoms with Gasteiger partial charge in [0.2, 0.25) is 0 Å². The average molecular weight is 229 g/mol. The Bertz CT molecular complexity index is 471. The monoisotopic (exact) mass is 229 g/mol. The van der Waals surface area contributed by atoms with E-state index < -0.39 is 0 Å². The lowest BCUT2D eigenvalue weighted by molar-refractivity contribution is 0.833. The van der Waals surface area contributed by atoms with Gasteiger partial charge in [0.25, 0.3) is 0 Å². The van der Waals surface area contributed by atoms with Crippen LogP contribution in [0.15, 0.2) is 36.8 Å². The van der Waals surface area contributed by atoms with Crippen LogP contribution in [0.5, 0.6) is 0 Å². The second kappa shape index (κ2) is 5.36. The van der Waals surface area contributed by atoms with Gasteiger partial charge in [0.15, 0.2) is 5.82 Å². The van der Waals surface area contributed by atoms with Gasteiger partial charge in [-0.1, -0.05) is 6.07 Å². The van der Waals surface area contributed by atoms with Crippen molar-refractivity contribution in [2.45, 2.75) is 13.1 Å². The van der Waals surface area contributed by atoms with Crippen LogP contribution in [0.2, 0.25) is 0 Å². The number of anilines is 1. The van der Waals surface area contributed by atoms with E-state index in [1.54, 1.807) is 18.6 Å². The fourth-order valence-corrected chi connectivity index (χ4v) is 1.63. The highest BCUT2D eigenvalue weighted by Crippen LogP contribution is 2.14. The van der Waals surface area contributed by atoms with Gasteiger partial charge in [0, 0.05) is 32.2 Å². The molecule has 5 heteroatoms. The highest BCUT2D eigenvalue weighted by Gasteiger charge is 2.09. The van der Waals surface area contributed by atoms with E-state index in [1.807, 2.05) is 30.1 Å². The number of aromatic nitrogens is 3. The Morgan fingerprint density at radius 1 is 1.12 bits per heavy atom. The van der Waals surface area contributed by atoms with Crippen LogP contribution >= 0.6 is 0 Å². The number of hydrogen-bond donors (Lipinski definition) is 1. The molecule has 0 unspecified atom stereocenters. The largest absolute Gasteiger partial charge is 0.352 e. The maximum atomic E-state index is 5.64. The summed E-state index contributed by atoms with van der Waals surface area (Å²) in [6.07, 6.45) is 5.10. The zero-order valence-corrected chi connectivity index (χ0v) is 9.74. The SMILES string of the molecule is CN(Cc1ccccn1)c1nccnc1CN. The maximum absolute atomic E-state index is 5.64. The van der Waals surface area contributed by atoms with Crippen molar-refractivity contribution in [2.75, 3.05) is 11.9 Å².